The Morgan fingerprint density at radius 3 is 2.18 bits per heavy atom. The maximum Gasteiger partial charge on any atom is 0.308 e. The fraction of sp³-hybridized carbons (Fsp3) is 0.474. The molecule has 1 saturated heterocycles. The lowest BCUT2D eigenvalue weighted by molar-refractivity contribution is -0.144. The summed E-state index contributed by atoms with van der Waals surface area (Å²) in [6.07, 6.45) is -0.160. The molecule has 0 aromatic heterocycles. The van der Waals surface area contributed by atoms with Crippen molar-refractivity contribution in [2.45, 2.75) is 20.3 Å². The van der Waals surface area contributed by atoms with E-state index in [1.807, 2.05) is 4.90 Å². The second-order valence-electron chi connectivity index (χ2n) is 6.86. The normalized spacial score (nSPS) is 15.6. The van der Waals surface area contributed by atoms with Crippen LogP contribution in [-0.4, -0.2) is 71.3 Å². The molecule has 1 aliphatic rings. The van der Waals surface area contributed by atoms with Crippen molar-refractivity contribution in [1.29, 1.82) is 0 Å². The molecule has 9 heteroatoms. The van der Waals surface area contributed by atoms with E-state index in [0.29, 0.717) is 37.6 Å². The number of amides is 3. The third-order valence-electron chi connectivity index (χ3n) is 4.54. The maximum absolute atomic E-state index is 12.3. The number of carboxylic acids is 1. The van der Waals surface area contributed by atoms with Crippen LogP contribution in [-0.2, 0) is 19.2 Å². The van der Waals surface area contributed by atoms with E-state index in [9.17, 15) is 24.3 Å². The number of nitrogens with zero attached hydrogens (tertiary/aromatic N) is 2. The first-order chi connectivity index (χ1) is 13.2. The van der Waals surface area contributed by atoms with E-state index < -0.39 is 17.8 Å². The Hall–Kier alpha value is -2.94. The summed E-state index contributed by atoms with van der Waals surface area (Å²) in [6, 6.07) is 6.65. The van der Waals surface area contributed by atoms with Gasteiger partial charge in [0.2, 0.25) is 17.7 Å². The quantitative estimate of drug-likeness (QED) is 0.635. The molecule has 0 aliphatic carbocycles. The van der Waals surface area contributed by atoms with Crippen molar-refractivity contribution >= 4 is 35.1 Å². The van der Waals surface area contributed by atoms with Gasteiger partial charge in [0.05, 0.1) is 5.92 Å². The highest BCUT2D eigenvalue weighted by atomic mass is 16.4. The molecule has 1 atom stereocenters. The first kappa shape index (κ1) is 21.4. The monoisotopic (exact) mass is 390 g/mol. The molecule has 1 heterocycles. The zero-order valence-electron chi connectivity index (χ0n) is 16.1. The van der Waals surface area contributed by atoms with Gasteiger partial charge in [-0.15, -0.1) is 0 Å². The first-order valence-corrected chi connectivity index (χ1v) is 9.12. The van der Waals surface area contributed by atoms with E-state index in [-0.39, 0.29) is 24.8 Å². The minimum atomic E-state index is -1.03. The van der Waals surface area contributed by atoms with Crippen LogP contribution in [0.5, 0.6) is 0 Å². The predicted octanol–water partition coefficient (Wildman–Crippen LogP) is 0.839. The summed E-state index contributed by atoms with van der Waals surface area (Å²) < 4.78 is 0. The molecular weight excluding hydrogens is 364 g/mol. The minimum absolute atomic E-state index is 0.00954. The van der Waals surface area contributed by atoms with Crippen molar-refractivity contribution in [2.24, 2.45) is 5.92 Å². The van der Waals surface area contributed by atoms with Crippen LogP contribution < -0.4 is 10.6 Å². The summed E-state index contributed by atoms with van der Waals surface area (Å²) in [6.45, 7) is 5.45. The van der Waals surface area contributed by atoms with Gasteiger partial charge in [-0.05, 0) is 18.2 Å². The number of aliphatic carboxylic acids is 1. The van der Waals surface area contributed by atoms with Crippen molar-refractivity contribution in [1.82, 2.24) is 9.80 Å². The molecular formula is C19H26N4O5. The first-order valence-electron chi connectivity index (χ1n) is 9.12. The molecule has 1 aromatic rings. The average Bonchev–Trinajstić information content (AvgIpc) is 2.61. The largest absolute Gasteiger partial charge is 0.481 e. The van der Waals surface area contributed by atoms with Gasteiger partial charge in [-0.3, -0.25) is 24.1 Å². The molecule has 28 heavy (non-hydrogen) atoms. The van der Waals surface area contributed by atoms with E-state index in [4.69, 9.17) is 0 Å². The molecule has 3 N–H and O–H groups in total. The summed E-state index contributed by atoms with van der Waals surface area (Å²) in [4.78, 5) is 50.1. The molecule has 0 unspecified atom stereocenters. The van der Waals surface area contributed by atoms with Gasteiger partial charge < -0.3 is 20.6 Å². The van der Waals surface area contributed by atoms with Crippen molar-refractivity contribution in [3.63, 3.8) is 0 Å². The third kappa shape index (κ3) is 6.66. The van der Waals surface area contributed by atoms with Crippen LogP contribution in [0.15, 0.2) is 24.3 Å². The van der Waals surface area contributed by atoms with E-state index in [1.165, 1.54) is 13.8 Å². The van der Waals surface area contributed by atoms with Gasteiger partial charge in [-0.1, -0.05) is 6.07 Å². The summed E-state index contributed by atoms with van der Waals surface area (Å²) in [5, 5.41) is 14.8. The lowest BCUT2D eigenvalue weighted by atomic mass is 10.0. The number of nitrogens with one attached hydrogen (secondary N) is 2. The SMILES string of the molecule is CC(=O)Nc1cccc(NC(=O)C[C@H](CN2CCN(C(C)=O)CC2)C(=O)O)c1. The van der Waals surface area contributed by atoms with Gasteiger partial charge in [0.1, 0.15) is 0 Å². The number of carbonyl (C=O) groups excluding carboxylic acids is 3. The van der Waals surface area contributed by atoms with Gasteiger partial charge in [-0.25, -0.2) is 0 Å². The number of benzene rings is 1. The van der Waals surface area contributed by atoms with Gasteiger partial charge in [0, 0.05) is 64.4 Å². The number of rotatable bonds is 7. The van der Waals surface area contributed by atoms with Crippen LogP contribution in [0.2, 0.25) is 0 Å². The number of carboxylic acid groups (broad SMARTS) is 1. The van der Waals surface area contributed by atoms with Crippen LogP contribution in [0, 0.1) is 5.92 Å². The van der Waals surface area contributed by atoms with Crippen molar-refractivity contribution in [3.05, 3.63) is 24.3 Å². The second-order valence-corrected chi connectivity index (χ2v) is 6.86. The molecule has 0 spiro atoms. The minimum Gasteiger partial charge on any atom is -0.481 e. The molecule has 3 amide bonds. The highest BCUT2D eigenvalue weighted by Gasteiger charge is 2.27. The number of anilines is 2. The van der Waals surface area contributed by atoms with E-state index >= 15 is 0 Å². The van der Waals surface area contributed by atoms with Crippen LogP contribution >= 0.6 is 0 Å². The second kappa shape index (κ2) is 9.84. The Morgan fingerprint density at radius 2 is 1.64 bits per heavy atom. The zero-order valence-corrected chi connectivity index (χ0v) is 16.1. The maximum atomic E-state index is 12.3. The van der Waals surface area contributed by atoms with Crippen molar-refractivity contribution in [3.8, 4) is 0 Å². The number of hydrogen-bond acceptors (Lipinski definition) is 5. The Bertz CT molecular complexity index is 744. The molecule has 1 aliphatic heterocycles. The number of piperazine rings is 1. The van der Waals surface area contributed by atoms with Crippen LogP contribution in [0.25, 0.3) is 0 Å². The highest BCUT2D eigenvalue weighted by molar-refractivity contribution is 5.94. The van der Waals surface area contributed by atoms with Gasteiger partial charge in [-0.2, -0.15) is 0 Å². The molecule has 1 fully saturated rings. The van der Waals surface area contributed by atoms with Gasteiger partial charge in [0.25, 0.3) is 0 Å². The van der Waals surface area contributed by atoms with Crippen LogP contribution in [0.3, 0.4) is 0 Å². The van der Waals surface area contributed by atoms with E-state index in [0.717, 1.165) is 0 Å². The Kier molecular flexibility index (Phi) is 7.51. The van der Waals surface area contributed by atoms with Gasteiger partial charge >= 0.3 is 5.97 Å². The third-order valence-corrected chi connectivity index (χ3v) is 4.54. The predicted molar refractivity (Wildman–Crippen MR) is 104 cm³/mol. The smallest absolute Gasteiger partial charge is 0.308 e. The molecule has 0 radical (unpaired) electrons. The molecule has 152 valence electrons. The topological polar surface area (TPSA) is 119 Å². The summed E-state index contributed by atoms with van der Waals surface area (Å²) in [5.41, 5.74) is 1.03. The summed E-state index contributed by atoms with van der Waals surface area (Å²) in [7, 11) is 0. The van der Waals surface area contributed by atoms with Crippen molar-refractivity contribution < 1.29 is 24.3 Å². The van der Waals surface area contributed by atoms with Crippen LogP contribution in [0.1, 0.15) is 20.3 Å². The molecule has 0 bridgehead atoms. The summed E-state index contributed by atoms with van der Waals surface area (Å²) in [5.74, 6) is -2.50. The number of hydrogen-bond donors (Lipinski definition) is 3. The lowest BCUT2D eigenvalue weighted by Crippen LogP contribution is -2.50. The molecule has 1 aromatic carbocycles. The van der Waals surface area contributed by atoms with E-state index in [2.05, 4.69) is 10.6 Å². The zero-order chi connectivity index (χ0) is 20.7. The molecule has 9 nitrogen and oxygen atoms in total. The Labute approximate surface area is 163 Å². The van der Waals surface area contributed by atoms with Gasteiger partial charge in [0.15, 0.2) is 0 Å². The van der Waals surface area contributed by atoms with Crippen LogP contribution in [0.4, 0.5) is 11.4 Å². The fourth-order valence-corrected chi connectivity index (χ4v) is 3.10. The molecule has 0 saturated carbocycles. The Morgan fingerprint density at radius 1 is 1.04 bits per heavy atom. The number of carbonyl (C=O) groups is 4. The average molecular weight is 390 g/mol. The van der Waals surface area contributed by atoms with Crippen molar-refractivity contribution in [2.75, 3.05) is 43.4 Å². The van der Waals surface area contributed by atoms with E-state index in [1.54, 1.807) is 29.2 Å². The fourth-order valence-electron chi connectivity index (χ4n) is 3.10. The Balaban J connectivity index is 1.90. The highest BCUT2D eigenvalue weighted by Crippen LogP contribution is 2.17. The lowest BCUT2D eigenvalue weighted by Gasteiger charge is -2.35. The standard InChI is InChI=1S/C19H26N4O5/c1-13(24)20-16-4-3-5-17(11-16)21-18(26)10-15(19(27)28)12-22-6-8-23(9-7-22)14(2)25/h3-5,11,15H,6-10,12H2,1-2H3,(H,20,24)(H,21,26)(H,27,28)/t15-/m1/s1. The summed E-state index contributed by atoms with van der Waals surface area (Å²) >= 11 is 0. The molecule has 2 rings (SSSR count).